The number of allylic oxidation sites excluding steroid dienone is 2. The Bertz CT molecular complexity index is 643. The first-order valence-electron chi connectivity index (χ1n) is 17.5. The van der Waals surface area contributed by atoms with E-state index in [-0.39, 0.29) is 19.3 Å². The summed E-state index contributed by atoms with van der Waals surface area (Å²) in [6.07, 6.45) is 31.3. The topological polar surface area (TPSA) is 112 Å². The largest absolute Gasteiger partial charge is 0.481 e. The lowest BCUT2D eigenvalue weighted by Gasteiger charge is -2.39. The zero-order valence-corrected chi connectivity index (χ0v) is 27.2. The van der Waals surface area contributed by atoms with Crippen LogP contribution in [0.25, 0.3) is 0 Å². The first-order valence-corrected chi connectivity index (χ1v) is 17.5. The second-order valence-electron chi connectivity index (χ2n) is 12.4. The molecule has 0 aliphatic rings. The summed E-state index contributed by atoms with van der Waals surface area (Å²) in [6, 6.07) is 0. The van der Waals surface area contributed by atoms with E-state index >= 15 is 0 Å². The number of rotatable bonds is 33. The first-order chi connectivity index (χ1) is 20.3. The monoisotopic (exact) mass is 596 g/mol. The van der Waals surface area contributed by atoms with E-state index in [0.717, 1.165) is 32.2 Å². The normalized spacial score (nSPS) is 11.8. The maximum Gasteiger partial charge on any atom is 0.303 e. The van der Waals surface area contributed by atoms with Gasteiger partial charge in [-0.2, -0.15) is 0 Å². The summed E-state index contributed by atoms with van der Waals surface area (Å²) in [7, 11) is 0. The molecule has 3 N–H and O–H groups in total. The Hall–Kier alpha value is -1.89. The van der Waals surface area contributed by atoms with Crippen molar-refractivity contribution in [2.75, 3.05) is 26.2 Å². The van der Waals surface area contributed by atoms with Crippen LogP contribution in [0.2, 0.25) is 0 Å². The van der Waals surface area contributed by atoms with Gasteiger partial charge in [-0.05, 0) is 32.1 Å². The van der Waals surface area contributed by atoms with Gasteiger partial charge in [0.25, 0.3) is 0 Å². The lowest BCUT2D eigenvalue weighted by Crippen LogP contribution is -2.51. The molecule has 0 radical (unpaired) electrons. The summed E-state index contributed by atoms with van der Waals surface area (Å²) in [5, 5.41) is 27.3. The smallest absolute Gasteiger partial charge is 0.303 e. The molecule has 0 atom stereocenters. The van der Waals surface area contributed by atoms with Crippen molar-refractivity contribution >= 4 is 17.9 Å². The van der Waals surface area contributed by atoms with Crippen molar-refractivity contribution in [3.63, 3.8) is 0 Å². The van der Waals surface area contributed by atoms with E-state index in [1.54, 1.807) is 0 Å². The van der Waals surface area contributed by atoms with Crippen molar-refractivity contribution in [3.8, 4) is 0 Å². The molecule has 0 spiro atoms. The van der Waals surface area contributed by atoms with Gasteiger partial charge in [-0.15, -0.1) is 0 Å². The standard InChI is InChI=1S/C35H65NO6/c1-2-3-4-5-6-7-8-9-10-11-12-13-14-15-16-17-18-19-20-21-22-29-36(30-23-26-33(37)38,31-24-27-34(39)40)32-25-28-35(41)42/h18-19H,2-17,20-32H2,1H3,(H2-,37,38,39,40,41,42)/p+1/b19-18+. The minimum Gasteiger partial charge on any atom is -0.481 e. The number of quaternary nitrogens is 1. The zero-order valence-electron chi connectivity index (χ0n) is 27.2. The predicted octanol–water partition coefficient (Wildman–Crippen LogP) is 9.39. The van der Waals surface area contributed by atoms with Crippen molar-refractivity contribution in [2.45, 2.75) is 167 Å². The third-order valence-corrected chi connectivity index (χ3v) is 8.46. The van der Waals surface area contributed by atoms with Gasteiger partial charge in [0, 0.05) is 19.3 Å². The third kappa shape index (κ3) is 28.2. The van der Waals surface area contributed by atoms with E-state index in [1.165, 1.54) is 96.3 Å². The average molecular weight is 597 g/mol. The van der Waals surface area contributed by atoms with E-state index in [9.17, 15) is 14.4 Å². The first kappa shape index (κ1) is 40.1. The van der Waals surface area contributed by atoms with Gasteiger partial charge >= 0.3 is 17.9 Å². The Morgan fingerprint density at radius 2 is 0.714 bits per heavy atom. The van der Waals surface area contributed by atoms with Gasteiger partial charge in [-0.3, -0.25) is 14.4 Å². The fourth-order valence-corrected chi connectivity index (χ4v) is 5.95. The maximum absolute atomic E-state index is 11.1. The molecule has 7 heteroatoms. The predicted molar refractivity (Wildman–Crippen MR) is 173 cm³/mol. The van der Waals surface area contributed by atoms with Crippen molar-refractivity contribution in [1.29, 1.82) is 0 Å². The van der Waals surface area contributed by atoms with Crippen LogP contribution in [-0.4, -0.2) is 63.9 Å². The molecule has 0 aromatic rings. The molecule has 0 saturated heterocycles. The zero-order chi connectivity index (χ0) is 31.2. The Labute approximate surface area is 257 Å². The molecule has 0 amide bonds. The number of hydrogen-bond acceptors (Lipinski definition) is 3. The number of hydrogen-bond donors (Lipinski definition) is 3. The lowest BCUT2D eigenvalue weighted by molar-refractivity contribution is -0.929. The lowest BCUT2D eigenvalue weighted by atomic mass is 10.0. The van der Waals surface area contributed by atoms with Gasteiger partial charge in [0.2, 0.25) is 0 Å². The van der Waals surface area contributed by atoms with Crippen LogP contribution >= 0.6 is 0 Å². The minimum atomic E-state index is -0.830. The molecule has 7 nitrogen and oxygen atoms in total. The average Bonchev–Trinajstić information content (AvgIpc) is 2.93. The van der Waals surface area contributed by atoms with Crippen LogP contribution in [0, 0.1) is 0 Å². The summed E-state index contributed by atoms with van der Waals surface area (Å²) >= 11 is 0. The van der Waals surface area contributed by atoms with Crippen LogP contribution < -0.4 is 0 Å². The van der Waals surface area contributed by atoms with Gasteiger partial charge in [0.1, 0.15) is 0 Å². The molecule has 0 heterocycles. The van der Waals surface area contributed by atoms with Crippen molar-refractivity contribution in [3.05, 3.63) is 12.2 Å². The molecule has 0 unspecified atom stereocenters. The Morgan fingerprint density at radius 1 is 0.429 bits per heavy atom. The van der Waals surface area contributed by atoms with E-state index in [2.05, 4.69) is 19.1 Å². The fourth-order valence-electron chi connectivity index (χ4n) is 5.95. The number of carboxylic acids is 3. The van der Waals surface area contributed by atoms with Gasteiger partial charge in [0.05, 0.1) is 45.4 Å². The highest BCUT2D eigenvalue weighted by atomic mass is 16.4. The number of aliphatic carboxylic acids is 3. The molecular formula is C35H66NO6+. The summed E-state index contributed by atoms with van der Waals surface area (Å²) in [4.78, 5) is 33.2. The van der Waals surface area contributed by atoms with Gasteiger partial charge in [-0.1, -0.05) is 109 Å². The van der Waals surface area contributed by atoms with Crippen molar-refractivity contribution < 1.29 is 34.2 Å². The Balaban J connectivity index is 4.09. The molecule has 0 fully saturated rings. The second kappa shape index (κ2) is 29.2. The number of carbonyl (C=O) groups is 3. The van der Waals surface area contributed by atoms with E-state index < -0.39 is 17.9 Å². The van der Waals surface area contributed by atoms with Crippen LogP contribution in [0.4, 0.5) is 0 Å². The quantitative estimate of drug-likeness (QED) is 0.0395. The Morgan fingerprint density at radius 3 is 1.05 bits per heavy atom. The van der Waals surface area contributed by atoms with Crippen LogP contribution in [0.15, 0.2) is 12.2 Å². The molecule has 0 aliphatic carbocycles. The van der Waals surface area contributed by atoms with Crippen molar-refractivity contribution in [2.24, 2.45) is 0 Å². The molecule has 0 saturated carbocycles. The van der Waals surface area contributed by atoms with Gasteiger partial charge < -0.3 is 19.8 Å². The molecular weight excluding hydrogens is 530 g/mol. The number of unbranched alkanes of at least 4 members (excludes halogenated alkanes) is 17. The summed E-state index contributed by atoms with van der Waals surface area (Å²) in [5.41, 5.74) is 0. The van der Waals surface area contributed by atoms with Crippen LogP contribution in [0.5, 0.6) is 0 Å². The molecule has 246 valence electrons. The summed E-state index contributed by atoms with van der Waals surface area (Å²) < 4.78 is 0.622. The summed E-state index contributed by atoms with van der Waals surface area (Å²) in [5.74, 6) is -2.49. The highest BCUT2D eigenvalue weighted by Crippen LogP contribution is 2.18. The van der Waals surface area contributed by atoms with Gasteiger partial charge in [0.15, 0.2) is 0 Å². The van der Waals surface area contributed by atoms with Gasteiger partial charge in [-0.25, -0.2) is 0 Å². The number of carboxylic acid groups (broad SMARTS) is 3. The van der Waals surface area contributed by atoms with E-state index in [4.69, 9.17) is 15.3 Å². The number of nitrogens with zero attached hydrogens (tertiary/aromatic N) is 1. The maximum atomic E-state index is 11.1. The fraction of sp³-hybridized carbons (Fsp3) is 0.857. The van der Waals surface area contributed by atoms with E-state index in [1.807, 2.05) is 0 Å². The molecule has 0 aromatic heterocycles. The second-order valence-corrected chi connectivity index (χ2v) is 12.4. The molecule has 0 aromatic carbocycles. The third-order valence-electron chi connectivity index (χ3n) is 8.46. The highest BCUT2D eigenvalue weighted by Gasteiger charge is 2.27. The van der Waals surface area contributed by atoms with E-state index in [0.29, 0.717) is 43.4 Å². The van der Waals surface area contributed by atoms with Crippen LogP contribution in [0.1, 0.15) is 167 Å². The molecule has 0 rings (SSSR count). The minimum absolute atomic E-state index is 0.0832. The Kier molecular flexibility index (Phi) is 27.9. The molecule has 42 heavy (non-hydrogen) atoms. The van der Waals surface area contributed by atoms with Crippen molar-refractivity contribution in [1.82, 2.24) is 0 Å². The highest BCUT2D eigenvalue weighted by molar-refractivity contribution is 5.67. The van der Waals surface area contributed by atoms with Crippen LogP contribution in [0.3, 0.4) is 0 Å². The molecule has 0 bridgehead atoms. The SMILES string of the molecule is CCCCCCCCCCCCCCCCC/C=C/CCCC[N+](CCCC(=O)O)(CCCC(=O)O)CCCC(=O)O. The van der Waals surface area contributed by atoms with Crippen LogP contribution in [-0.2, 0) is 14.4 Å². The molecule has 0 aliphatic heterocycles. The summed E-state index contributed by atoms with van der Waals surface area (Å²) in [6.45, 7) is 5.07.